The third-order valence-electron chi connectivity index (χ3n) is 19.4. The van der Waals surface area contributed by atoms with E-state index in [2.05, 4.69) is 318 Å². The fraction of sp³-hybridized carbons (Fsp3) is 0.0575. The zero-order chi connectivity index (χ0) is 57.9. The Morgan fingerprint density at radius 2 is 0.517 bits per heavy atom. The molecular formula is C87H60. The molecule has 0 aliphatic heterocycles. The van der Waals surface area contributed by atoms with E-state index in [4.69, 9.17) is 0 Å². The van der Waals surface area contributed by atoms with E-state index in [1.165, 1.54) is 182 Å². The average molecular weight is 1110 g/mol. The summed E-state index contributed by atoms with van der Waals surface area (Å²) in [4.78, 5) is 0. The fourth-order valence-electron chi connectivity index (χ4n) is 14.9. The van der Waals surface area contributed by atoms with Gasteiger partial charge in [-0.1, -0.05) is 269 Å². The van der Waals surface area contributed by atoms with Crippen molar-refractivity contribution in [3.63, 3.8) is 0 Å². The number of benzene rings is 15. The lowest BCUT2D eigenvalue weighted by atomic mass is 9.80. The number of fused-ring (bicyclic) bond motifs is 9. The van der Waals surface area contributed by atoms with E-state index in [1.807, 2.05) is 0 Å². The van der Waals surface area contributed by atoms with Gasteiger partial charge in [0.2, 0.25) is 0 Å². The van der Waals surface area contributed by atoms with Gasteiger partial charge in [0.05, 0.1) is 0 Å². The summed E-state index contributed by atoms with van der Waals surface area (Å²) >= 11 is 0. The predicted octanol–water partition coefficient (Wildman–Crippen LogP) is 24.6. The van der Waals surface area contributed by atoms with Gasteiger partial charge in [-0.2, -0.15) is 0 Å². The Morgan fingerprint density at radius 1 is 0.207 bits per heavy atom. The summed E-state index contributed by atoms with van der Waals surface area (Å²) in [5.74, 6) is 0. The Hall–Kier alpha value is -10.7. The van der Waals surface area contributed by atoms with Crippen molar-refractivity contribution < 1.29 is 0 Å². The maximum absolute atomic E-state index is 2.59. The van der Waals surface area contributed by atoms with Crippen molar-refractivity contribution in [1.29, 1.82) is 0 Å². The molecule has 0 saturated heterocycles. The highest BCUT2D eigenvalue weighted by atomic mass is 14.4. The third-order valence-corrected chi connectivity index (χ3v) is 19.4. The molecule has 0 radical (unpaired) electrons. The van der Waals surface area contributed by atoms with Crippen LogP contribution in [-0.4, -0.2) is 0 Å². The first-order valence-electron chi connectivity index (χ1n) is 30.8. The molecule has 0 atom stereocenters. The second-order valence-electron chi connectivity index (χ2n) is 24.6. The number of rotatable bonds is 10. The predicted molar refractivity (Wildman–Crippen MR) is 372 cm³/mol. The van der Waals surface area contributed by atoms with E-state index in [1.54, 1.807) is 0 Å². The van der Waals surface area contributed by atoms with E-state index in [9.17, 15) is 0 Å². The fourth-order valence-corrected chi connectivity index (χ4v) is 14.9. The van der Waals surface area contributed by atoms with Gasteiger partial charge in [-0.05, 0) is 243 Å². The molecule has 17 rings (SSSR count). The zero-order valence-electron chi connectivity index (χ0n) is 49.0. The zero-order valence-corrected chi connectivity index (χ0v) is 49.0. The van der Waals surface area contributed by atoms with Gasteiger partial charge >= 0.3 is 0 Å². The van der Waals surface area contributed by atoms with Gasteiger partial charge in [-0.3, -0.25) is 0 Å². The highest BCUT2D eigenvalue weighted by molar-refractivity contribution is 6.33. The topological polar surface area (TPSA) is 0 Å². The van der Waals surface area contributed by atoms with Crippen molar-refractivity contribution in [2.24, 2.45) is 0 Å². The van der Waals surface area contributed by atoms with Crippen molar-refractivity contribution in [2.45, 2.75) is 32.6 Å². The minimum Gasteiger partial charge on any atom is -0.0646 e. The molecule has 0 amide bonds. The van der Waals surface area contributed by atoms with Gasteiger partial charge in [0, 0.05) is 0 Å². The van der Waals surface area contributed by atoms with Crippen LogP contribution in [0.15, 0.2) is 297 Å². The maximum Gasteiger partial charge on any atom is -0.000740 e. The molecule has 87 heavy (non-hydrogen) atoms. The summed E-state index contributed by atoms with van der Waals surface area (Å²) in [5.41, 5.74) is 31.3. The van der Waals surface area contributed by atoms with Crippen LogP contribution in [0.5, 0.6) is 0 Å². The molecule has 0 bridgehead atoms. The summed E-state index contributed by atoms with van der Waals surface area (Å²) in [7, 11) is 0. The molecule has 2 aliphatic rings. The molecule has 0 heteroatoms. The summed E-state index contributed by atoms with van der Waals surface area (Å²) in [5, 5.41) is 10.1. The van der Waals surface area contributed by atoms with Crippen molar-refractivity contribution in [1.82, 2.24) is 0 Å². The monoisotopic (exact) mass is 1100 g/mol. The Kier molecular flexibility index (Phi) is 11.7. The summed E-state index contributed by atoms with van der Waals surface area (Å²) in [6.45, 7) is 7.03. The molecule has 15 aromatic carbocycles. The lowest BCUT2D eigenvalue weighted by Gasteiger charge is -2.24. The van der Waals surface area contributed by atoms with Crippen molar-refractivity contribution >= 4 is 43.1 Å². The quantitative estimate of drug-likeness (QED) is 0.120. The van der Waals surface area contributed by atoms with Crippen LogP contribution in [0, 0.1) is 0 Å². The molecule has 0 heterocycles. The Labute approximate surface area is 509 Å². The highest BCUT2D eigenvalue weighted by Crippen LogP contribution is 2.62. The molecule has 0 unspecified atom stereocenters. The molecule has 0 aromatic heterocycles. The molecule has 0 nitrogen and oxygen atoms in total. The summed E-state index contributed by atoms with van der Waals surface area (Å²) in [6.07, 6.45) is 1.05. The lowest BCUT2D eigenvalue weighted by Crippen LogP contribution is -2.15. The van der Waals surface area contributed by atoms with Crippen LogP contribution in [0.25, 0.3) is 177 Å². The maximum atomic E-state index is 2.59. The van der Waals surface area contributed by atoms with Gasteiger partial charge in [0.15, 0.2) is 0 Å². The van der Waals surface area contributed by atoms with E-state index < -0.39 is 0 Å². The molecule has 0 spiro atoms. The first kappa shape index (κ1) is 50.8. The molecule has 0 N–H and O–H groups in total. The van der Waals surface area contributed by atoms with Crippen LogP contribution in [0.2, 0.25) is 0 Å². The number of hydrogen-bond donors (Lipinski definition) is 0. The van der Waals surface area contributed by atoms with Crippen LogP contribution < -0.4 is 0 Å². The second-order valence-corrected chi connectivity index (χ2v) is 24.6. The van der Waals surface area contributed by atoms with Crippen LogP contribution in [-0.2, 0) is 5.41 Å². The summed E-state index contributed by atoms with van der Waals surface area (Å²) < 4.78 is 0. The minimum atomic E-state index is 0.0311. The van der Waals surface area contributed by atoms with Gasteiger partial charge in [0.25, 0.3) is 0 Å². The molecule has 0 saturated carbocycles. The van der Waals surface area contributed by atoms with Crippen LogP contribution in [0.3, 0.4) is 0 Å². The van der Waals surface area contributed by atoms with Crippen molar-refractivity contribution in [3.05, 3.63) is 303 Å². The normalized spacial score (nSPS) is 12.1. The largest absolute Gasteiger partial charge is 0.0646 e. The first-order valence-corrected chi connectivity index (χ1v) is 30.8. The summed E-state index contributed by atoms with van der Waals surface area (Å²) in [6, 6.07) is 112. The first-order chi connectivity index (χ1) is 42.9. The Balaban J connectivity index is 0.989. The Morgan fingerprint density at radius 3 is 0.908 bits per heavy atom. The molecule has 2 aliphatic carbocycles. The third kappa shape index (κ3) is 8.05. The lowest BCUT2D eigenvalue weighted by molar-refractivity contribution is 0.506. The smallest absolute Gasteiger partial charge is 0.000740 e. The Bertz CT molecular complexity index is 5130. The second kappa shape index (κ2) is 20.0. The molecule has 15 aromatic rings. The van der Waals surface area contributed by atoms with Crippen molar-refractivity contribution in [2.75, 3.05) is 0 Å². The van der Waals surface area contributed by atoms with Crippen LogP contribution >= 0.6 is 0 Å². The molecule has 0 fully saturated rings. The van der Waals surface area contributed by atoms with Gasteiger partial charge in [-0.25, -0.2) is 0 Å². The number of hydrogen-bond acceptors (Lipinski definition) is 0. The molecular weight excluding hydrogens is 1040 g/mol. The van der Waals surface area contributed by atoms with Gasteiger partial charge in [-0.15, -0.1) is 0 Å². The van der Waals surface area contributed by atoms with E-state index in [-0.39, 0.29) is 5.41 Å². The van der Waals surface area contributed by atoms with Crippen LogP contribution in [0.1, 0.15) is 32.8 Å². The minimum absolute atomic E-state index is 0.0311. The SMILES string of the molecule is CCC(C)(C)c1cccc(-c2cc(-c3ccccc3)cc(-c3c4ccccc4c(-c4cc(-c5ccccc5)cc(-c5ccccc5)c4)c4cc5c(cc34)-c3ccc4c6c(ccc-5c36)-c3c-4c(-c4ccccc4)c4ccccc4c3-c3ccccc3)c2)c1. The van der Waals surface area contributed by atoms with E-state index in [0.29, 0.717) is 0 Å². The van der Waals surface area contributed by atoms with E-state index >= 15 is 0 Å². The van der Waals surface area contributed by atoms with Crippen molar-refractivity contribution in [3.8, 4) is 134 Å². The average Bonchev–Trinajstić information content (AvgIpc) is 1.57. The van der Waals surface area contributed by atoms with Crippen LogP contribution in [0.4, 0.5) is 0 Å². The van der Waals surface area contributed by atoms with Gasteiger partial charge in [0.1, 0.15) is 0 Å². The van der Waals surface area contributed by atoms with Gasteiger partial charge < -0.3 is 0 Å². The molecule has 408 valence electrons. The van der Waals surface area contributed by atoms with E-state index in [0.717, 1.165) is 6.42 Å². The standard InChI is InChI=1S/C87H60/c1-4-87(2,3)66-36-24-35-59(51-66)63-46-62(56-29-14-7-15-30-56)49-65(50-63)80-68-38-21-20-37-67(68)79(64-47-60(54-25-10-5-11-26-54)45-61(48-64)55-27-12-6-13-28-55)77-52-75-71-41-43-73-84-74(44-42-72(83(71)84)76(75)53-78(77)80)86-82(58-33-18-9-19-34-58)70-40-23-22-39-69(70)81(85(73)86)57-31-16-8-17-32-57/h5-53H,4H2,1-3H3. The highest BCUT2D eigenvalue weighted by Gasteiger charge is 2.35.